The smallest absolute Gasteiger partial charge is 0.315 e. The normalized spacial score (nSPS) is 26.0. The van der Waals surface area contributed by atoms with Crippen molar-refractivity contribution in [3.8, 4) is 0 Å². The molecule has 0 spiro atoms. The molecule has 1 aromatic carbocycles. The number of hydrogen-bond acceptors (Lipinski definition) is 2. The van der Waals surface area contributed by atoms with Crippen molar-refractivity contribution in [3.63, 3.8) is 0 Å². The molecule has 4 nitrogen and oxygen atoms in total. The first-order valence-electron chi connectivity index (χ1n) is 7.43. The molecule has 0 bridgehead atoms. The maximum atomic E-state index is 12.1. The zero-order chi connectivity index (χ0) is 14.4. The van der Waals surface area contributed by atoms with Crippen molar-refractivity contribution in [2.75, 3.05) is 6.54 Å². The second-order valence-electron chi connectivity index (χ2n) is 5.98. The van der Waals surface area contributed by atoms with Gasteiger partial charge < -0.3 is 16.4 Å². The van der Waals surface area contributed by atoms with Gasteiger partial charge in [0.2, 0.25) is 0 Å². The fraction of sp³-hybridized carbons (Fsp3) is 0.562. The number of amides is 2. The van der Waals surface area contributed by atoms with Crippen LogP contribution in [0.3, 0.4) is 0 Å². The number of carbonyl (C=O) groups is 1. The van der Waals surface area contributed by atoms with Crippen LogP contribution in [0, 0.1) is 5.92 Å². The van der Waals surface area contributed by atoms with Crippen molar-refractivity contribution in [2.45, 2.75) is 44.7 Å². The number of hydrogen-bond donors (Lipinski definition) is 3. The van der Waals surface area contributed by atoms with E-state index in [1.54, 1.807) is 0 Å². The van der Waals surface area contributed by atoms with Crippen molar-refractivity contribution in [1.29, 1.82) is 0 Å². The third-order valence-corrected chi connectivity index (χ3v) is 4.16. The van der Waals surface area contributed by atoms with E-state index in [4.69, 9.17) is 5.73 Å². The standard InChI is InChI=1S/C16H25N3O/c1-13-6-5-9-16(10-13,12-17)19-15(20)18-11-14-7-3-2-4-8-14/h2-4,7-8,13H,5-6,9-12,17H2,1H3,(H2,18,19,20). The molecule has 110 valence electrons. The van der Waals surface area contributed by atoms with Gasteiger partial charge in [-0.3, -0.25) is 0 Å². The average Bonchev–Trinajstić information content (AvgIpc) is 2.46. The molecule has 4 N–H and O–H groups in total. The molecule has 0 radical (unpaired) electrons. The van der Waals surface area contributed by atoms with E-state index in [9.17, 15) is 4.79 Å². The number of benzene rings is 1. The number of urea groups is 1. The molecule has 2 atom stereocenters. The van der Waals surface area contributed by atoms with Crippen LogP contribution in [-0.2, 0) is 6.54 Å². The minimum atomic E-state index is -0.224. The van der Waals surface area contributed by atoms with Crippen molar-refractivity contribution in [1.82, 2.24) is 10.6 Å². The SMILES string of the molecule is CC1CCCC(CN)(NC(=O)NCc2ccccc2)C1. The minimum absolute atomic E-state index is 0.117. The summed E-state index contributed by atoms with van der Waals surface area (Å²) in [4.78, 5) is 12.1. The first-order valence-corrected chi connectivity index (χ1v) is 7.43. The maximum Gasteiger partial charge on any atom is 0.315 e. The highest BCUT2D eigenvalue weighted by Crippen LogP contribution is 2.31. The molecule has 2 amide bonds. The molecule has 1 aromatic rings. The molecule has 2 rings (SSSR count). The molecule has 2 unspecified atom stereocenters. The highest BCUT2D eigenvalue weighted by molar-refractivity contribution is 5.74. The van der Waals surface area contributed by atoms with Gasteiger partial charge in [-0.25, -0.2) is 4.79 Å². The Morgan fingerprint density at radius 3 is 2.80 bits per heavy atom. The molecule has 1 fully saturated rings. The lowest BCUT2D eigenvalue weighted by Crippen LogP contribution is -2.58. The van der Waals surface area contributed by atoms with Gasteiger partial charge in [-0.2, -0.15) is 0 Å². The van der Waals surface area contributed by atoms with Crippen LogP contribution in [-0.4, -0.2) is 18.1 Å². The topological polar surface area (TPSA) is 67.1 Å². The van der Waals surface area contributed by atoms with Crippen LogP contribution in [0.1, 0.15) is 38.2 Å². The Bertz CT molecular complexity index is 435. The highest BCUT2D eigenvalue weighted by Gasteiger charge is 2.34. The van der Waals surface area contributed by atoms with Crippen LogP contribution >= 0.6 is 0 Å². The Hall–Kier alpha value is -1.55. The Morgan fingerprint density at radius 2 is 2.15 bits per heavy atom. The summed E-state index contributed by atoms with van der Waals surface area (Å²) in [5.41, 5.74) is 6.79. The summed E-state index contributed by atoms with van der Waals surface area (Å²) in [6.07, 6.45) is 4.32. The van der Waals surface area contributed by atoms with Gasteiger partial charge in [-0.05, 0) is 24.3 Å². The van der Waals surface area contributed by atoms with E-state index in [2.05, 4.69) is 17.6 Å². The zero-order valence-electron chi connectivity index (χ0n) is 12.2. The van der Waals surface area contributed by atoms with E-state index < -0.39 is 0 Å². The summed E-state index contributed by atoms with van der Waals surface area (Å²) in [6, 6.07) is 9.80. The molecular formula is C16H25N3O. The van der Waals surface area contributed by atoms with Crippen molar-refractivity contribution in [3.05, 3.63) is 35.9 Å². The third kappa shape index (κ3) is 3.97. The Kier molecular flexibility index (Phi) is 5.01. The van der Waals surface area contributed by atoms with E-state index in [1.807, 2.05) is 30.3 Å². The fourth-order valence-corrected chi connectivity index (χ4v) is 3.07. The molecule has 0 aromatic heterocycles. The van der Waals surface area contributed by atoms with Gasteiger partial charge in [0.25, 0.3) is 0 Å². The molecule has 4 heteroatoms. The van der Waals surface area contributed by atoms with Crippen LogP contribution in [0.25, 0.3) is 0 Å². The molecule has 1 aliphatic carbocycles. The van der Waals surface area contributed by atoms with Crippen molar-refractivity contribution < 1.29 is 4.79 Å². The quantitative estimate of drug-likeness (QED) is 0.790. The third-order valence-electron chi connectivity index (χ3n) is 4.16. The number of nitrogens with two attached hydrogens (primary N) is 1. The molecular weight excluding hydrogens is 250 g/mol. The van der Waals surface area contributed by atoms with E-state index >= 15 is 0 Å². The summed E-state index contributed by atoms with van der Waals surface area (Å²) in [5, 5.41) is 6.02. The van der Waals surface area contributed by atoms with Crippen LogP contribution in [0.2, 0.25) is 0 Å². The van der Waals surface area contributed by atoms with Gasteiger partial charge in [0, 0.05) is 13.1 Å². The molecule has 0 aliphatic heterocycles. The Labute approximate surface area is 121 Å². The van der Waals surface area contributed by atoms with Crippen molar-refractivity contribution in [2.24, 2.45) is 11.7 Å². The van der Waals surface area contributed by atoms with Gasteiger partial charge in [-0.15, -0.1) is 0 Å². The van der Waals surface area contributed by atoms with Gasteiger partial charge >= 0.3 is 6.03 Å². The summed E-state index contributed by atoms with van der Waals surface area (Å²) in [7, 11) is 0. The first kappa shape index (κ1) is 14.9. The first-order chi connectivity index (χ1) is 9.63. The Morgan fingerprint density at radius 1 is 1.40 bits per heavy atom. The predicted octanol–water partition coefficient (Wildman–Crippen LogP) is 2.39. The molecule has 1 saturated carbocycles. The number of carbonyl (C=O) groups excluding carboxylic acids is 1. The van der Waals surface area contributed by atoms with E-state index in [1.165, 1.54) is 6.42 Å². The monoisotopic (exact) mass is 275 g/mol. The van der Waals surface area contributed by atoms with E-state index in [0.29, 0.717) is 19.0 Å². The maximum absolute atomic E-state index is 12.1. The minimum Gasteiger partial charge on any atom is -0.334 e. The van der Waals surface area contributed by atoms with Gasteiger partial charge in [-0.1, -0.05) is 50.1 Å². The van der Waals surface area contributed by atoms with Crippen LogP contribution in [0.5, 0.6) is 0 Å². The lowest BCUT2D eigenvalue weighted by Gasteiger charge is -2.39. The van der Waals surface area contributed by atoms with E-state index in [-0.39, 0.29) is 11.6 Å². The lowest BCUT2D eigenvalue weighted by molar-refractivity contribution is 0.183. The number of nitrogens with one attached hydrogen (secondary N) is 2. The summed E-state index contributed by atoms with van der Waals surface area (Å²) < 4.78 is 0. The molecule has 20 heavy (non-hydrogen) atoms. The average molecular weight is 275 g/mol. The van der Waals surface area contributed by atoms with Crippen LogP contribution in [0.15, 0.2) is 30.3 Å². The van der Waals surface area contributed by atoms with Crippen LogP contribution in [0.4, 0.5) is 4.79 Å². The second-order valence-corrected chi connectivity index (χ2v) is 5.98. The largest absolute Gasteiger partial charge is 0.334 e. The second kappa shape index (κ2) is 6.75. The zero-order valence-corrected chi connectivity index (χ0v) is 12.2. The van der Waals surface area contributed by atoms with E-state index in [0.717, 1.165) is 24.8 Å². The van der Waals surface area contributed by atoms with Gasteiger partial charge in [0.15, 0.2) is 0 Å². The fourth-order valence-electron chi connectivity index (χ4n) is 3.07. The highest BCUT2D eigenvalue weighted by atomic mass is 16.2. The number of rotatable bonds is 4. The summed E-state index contributed by atoms with van der Waals surface area (Å²) >= 11 is 0. The van der Waals surface area contributed by atoms with Crippen LogP contribution < -0.4 is 16.4 Å². The molecule has 0 saturated heterocycles. The summed E-state index contributed by atoms with van der Waals surface area (Å²) in [6.45, 7) is 3.28. The molecule has 1 aliphatic rings. The predicted molar refractivity (Wildman–Crippen MR) is 81.2 cm³/mol. The lowest BCUT2D eigenvalue weighted by atomic mass is 9.76. The van der Waals surface area contributed by atoms with Crippen molar-refractivity contribution >= 4 is 6.03 Å². The summed E-state index contributed by atoms with van der Waals surface area (Å²) in [5.74, 6) is 0.627. The molecule has 0 heterocycles. The van der Waals surface area contributed by atoms with Gasteiger partial charge in [0.05, 0.1) is 5.54 Å². The Balaban J connectivity index is 1.86. The van der Waals surface area contributed by atoms with Gasteiger partial charge in [0.1, 0.15) is 0 Å².